The van der Waals surface area contributed by atoms with Crippen molar-refractivity contribution < 1.29 is 9.53 Å². The fraction of sp³-hybridized carbons (Fsp3) is 0.250. The van der Waals surface area contributed by atoms with Gasteiger partial charge in [-0.3, -0.25) is 9.78 Å². The summed E-state index contributed by atoms with van der Waals surface area (Å²) >= 11 is 0. The first-order chi connectivity index (χ1) is 14.7. The highest BCUT2D eigenvalue weighted by Gasteiger charge is 2.36. The van der Waals surface area contributed by atoms with Crippen LogP contribution in [-0.4, -0.2) is 37.1 Å². The zero-order valence-corrected chi connectivity index (χ0v) is 16.6. The van der Waals surface area contributed by atoms with Crippen LogP contribution in [0, 0.1) is 11.8 Å². The number of carbonyl (C=O) groups is 1. The molecule has 0 spiro atoms. The van der Waals surface area contributed by atoms with Gasteiger partial charge in [-0.1, -0.05) is 18.2 Å². The minimum absolute atomic E-state index is 0.165. The highest BCUT2D eigenvalue weighted by molar-refractivity contribution is 6.04. The summed E-state index contributed by atoms with van der Waals surface area (Å²) in [7, 11) is 0. The smallest absolute Gasteiger partial charge is 0.257 e. The van der Waals surface area contributed by atoms with Gasteiger partial charge in [0, 0.05) is 38.1 Å². The third kappa shape index (κ3) is 4.00. The summed E-state index contributed by atoms with van der Waals surface area (Å²) in [5, 5.41) is 6.40. The van der Waals surface area contributed by atoms with Gasteiger partial charge in [-0.05, 0) is 54.3 Å². The third-order valence-corrected chi connectivity index (χ3v) is 5.83. The van der Waals surface area contributed by atoms with Gasteiger partial charge in [-0.25, -0.2) is 0 Å². The number of nitrogens with zero attached hydrogens (tertiary/aromatic N) is 2. The normalized spacial score (nSPS) is 20.1. The molecule has 2 saturated heterocycles. The Balaban J connectivity index is 1.23. The quantitative estimate of drug-likeness (QED) is 0.682. The fourth-order valence-corrected chi connectivity index (χ4v) is 4.23. The molecule has 152 valence electrons. The Bertz CT molecular complexity index is 1010. The molecular formula is C24H24N4O2. The zero-order valence-electron chi connectivity index (χ0n) is 16.6. The number of hydrogen-bond donors (Lipinski definition) is 2. The second-order valence-corrected chi connectivity index (χ2v) is 7.91. The fourth-order valence-electron chi connectivity index (χ4n) is 4.23. The summed E-state index contributed by atoms with van der Waals surface area (Å²) in [4.78, 5) is 19.4. The molecule has 2 aromatic carbocycles. The van der Waals surface area contributed by atoms with Gasteiger partial charge in [-0.15, -0.1) is 0 Å². The second-order valence-electron chi connectivity index (χ2n) is 7.91. The molecule has 0 radical (unpaired) electrons. The van der Waals surface area contributed by atoms with Gasteiger partial charge in [0.25, 0.3) is 5.91 Å². The van der Waals surface area contributed by atoms with Gasteiger partial charge in [0.05, 0.1) is 17.4 Å². The lowest BCUT2D eigenvalue weighted by Gasteiger charge is -2.19. The molecule has 2 N–H and O–H groups in total. The molecule has 30 heavy (non-hydrogen) atoms. The maximum atomic E-state index is 12.7. The van der Waals surface area contributed by atoms with Crippen LogP contribution in [0.1, 0.15) is 10.4 Å². The molecule has 0 unspecified atom stereocenters. The Labute approximate surface area is 175 Å². The van der Waals surface area contributed by atoms with Gasteiger partial charge in [-0.2, -0.15) is 0 Å². The minimum Gasteiger partial charge on any atom is -0.457 e. The lowest BCUT2D eigenvalue weighted by atomic mass is 10.0. The SMILES string of the molecule is O=C(Nc1ccc(Oc2ccccc2)cc1)c1cncc(N2C[C@H]3CNC[C@H]3C2)c1. The lowest BCUT2D eigenvalue weighted by molar-refractivity contribution is 0.102. The molecule has 0 bridgehead atoms. The van der Waals surface area contributed by atoms with E-state index >= 15 is 0 Å². The summed E-state index contributed by atoms with van der Waals surface area (Å²) in [6, 6.07) is 18.9. The number of pyridine rings is 1. The van der Waals surface area contributed by atoms with Gasteiger partial charge in [0.1, 0.15) is 11.5 Å². The Kier molecular flexibility index (Phi) is 5.07. The molecule has 6 heteroatoms. The Morgan fingerprint density at radius 2 is 1.67 bits per heavy atom. The van der Waals surface area contributed by atoms with Gasteiger partial charge >= 0.3 is 0 Å². The average Bonchev–Trinajstić information content (AvgIpc) is 3.39. The maximum Gasteiger partial charge on any atom is 0.257 e. The van der Waals surface area contributed by atoms with Crippen LogP contribution in [0.5, 0.6) is 11.5 Å². The number of aromatic nitrogens is 1. The number of ether oxygens (including phenoxy) is 1. The van der Waals surface area contributed by atoms with Crippen LogP contribution in [0.25, 0.3) is 0 Å². The van der Waals surface area contributed by atoms with E-state index in [1.807, 2.05) is 66.9 Å². The van der Waals surface area contributed by atoms with E-state index in [1.54, 1.807) is 6.20 Å². The Morgan fingerprint density at radius 3 is 2.40 bits per heavy atom. The molecule has 5 rings (SSSR count). The molecular weight excluding hydrogens is 376 g/mol. The summed E-state index contributed by atoms with van der Waals surface area (Å²) < 4.78 is 5.79. The monoisotopic (exact) mass is 400 g/mol. The number of hydrogen-bond acceptors (Lipinski definition) is 5. The first-order valence-electron chi connectivity index (χ1n) is 10.3. The average molecular weight is 400 g/mol. The number of benzene rings is 2. The van der Waals surface area contributed by atoms with E-state index in [0.29, 0.717) is 23.1 Å². The summed E-state index contributed by atoms with van der Waals surface area (Å²) in [6.07, 6.45) is 3.46. The summed E-state index contributed by atoms with van der Waals surface area (Å²) in [5.41, 5.74) is 2.29. The van der Waals surface area contributed by atoms with E-state index < -0.39 is 0 Å². The third-order valence-electron chi connectivity index (χ3n) is 5.83. The highest BCUT2D eigenvalue weighted by atomic mass is 16.5. The van der Waals surface area contributed by atoms with Crippen molar-refractivity contribution in [1.82, 2.24) is 10.3 Å². The molecule has 3 aromatic rings. The number of fused-ring (bicyclic) bond motifs is 1. The van der Waals surface area contributed by atoms with E-state index in [1.165, 1.54) is 0 Å². The van der Waals surface area contributed by atoms with Crippen LogP contribution >= 0.6 is 0 Å². The van der Waals surface area contributed by atoms with Crippen molar-refractivity contribution in [2.24, 2.45) is 11.8 Å². The van der Waals surface area contributed by atoms with Crippen molar-refractivity contribution in [2.75, 3.05) is 36.4 Å². The lowest BCUT2D eigenvalue weighted by Crippen LogP contribution is -2.26. The van der Waals surface area contributed by atoms with Crippen LogP contribution in [0.15, 0.2) is 73.1 Å². The molecule has 0 aliphatic carbocycles. The van der Waals surface area contributed by atoms with E-state index in [4.69, 9.17) is 4.74 Å². The molecule has 0 saturated carbocycles. The predicted octanol–water partition coefficient (Wildman–Crippen LogP) is 3.78. The topological polar surface area (TPSA) is 66.5 Å². The van der Waals surface area contributed by atoms with E-state index in [-0.39, 0.29) is 5.91 Å². The standard InChI is InChI=1S/C24H24N4O2/c29-24(27-20-6-8-23(9-7-20)30-22-4-2-1-3-5-22)17-10-21(14-26-11-17)28-15-18-12-25-13-19(18)16-28/h1-11,14,18-19,25H,12-13,15-16H2,(H,27,29)/t18-,19+. The molecule has 1 amide bonds. The molecule has 2 aliphatic heterocycles. The molecule has 6 nitrogen and oxygen atoms in total. The van der Waals surface area contributed by atoms with Crippen LogP contribution in [0.2, 0.25) is 0 Å². The molecule has 3 heterocycles. The first kappa shape index (κ1) is 18.6. The summed E-state index contributed by atoms with van der Waals surface area (Å²) in [6.45, 7) is 4.21. The first-order valence-corrected chi connectivity index (χ1v) is 10.3. The maximum absolute atomic E-state index is 12.7. The van der Waals surface area contributed by atoms with Gasteiger partial charge in [0.15, 0.2) is 0 Å². The van der Waals surface area contributed by atoms with Crippen molar-refractivity contribution in [3.05, 3.63) is 78.6 Å². The van der Waals surface area contributed by atoms with Crippen LogP contribution < -0.4 is 20.3 Å². The Morgan fingerprint density at radius 1 is 0.967 bits per heavy atom. The molecule has 1 aromatic heterocycles. The van der Waals surface area contributed by atoms with Gasteiger partial charge in [0.2, 0.25) is 0 Å². The Hall–Kier alpha value is -3.38. The number of para-hydroxylation sites is 1. The number of amides is 1. The van der Waals surface area contributed by atoms with Crippen molar-refractivity contribution in [2.45, 2.75) is 0 Å². The molecule has 2 fully saturated rings. The second kappa shape index (κ2) is 8.16. The summed E-state index contributed by atoms with van der Waals surface area (Å²) in [5.74, 6) is 2.72. The van der Waals surface area contributed by atoms with Crippen molar-refractivity contribution in [3.8, 4) is 11.5 Å². The minimum atomic E-state index is -0.165. The number of carbonyl (C=O) groups excluding carboxylic acids is 1. The van der Waals surface area contributed by atoms with Crippen LogP contribution in [0.3, 0.4) is 0 Å². The number of rotatable bonds is 5. The molecule has 2 atom stereocenters. The van der Waals surface area contributed by atoms with E-state index in [2.05, 4.69) is 20.5 Å². The zero-order chi connectivity index (χ0) is 20.3. The van der Waals surface area contributed by atoms with Crippen LogP contribution in [-0.2, 0) is 0 Å². The predicted molar refractivity (Wildman–Crippen MR) is 117 cm³/mol. The highest BCUT2D eigenvalue weighted by Crippen LogP contribution is 2.30. The largest absolute Gasteiger partial charge is 0.457 e. The van der Waals surface area contributed by atoms with Crippen molar-refractivity contribution in [1.29, 1.82) is 0 Å². The van der Waals surface area contributed by atoms with E-state index in [0.717, 1.165) is 43.4 Å². The van der Waals surface area contributed by atoms with Crippen molar-refractivity contribution in [3.63, 3.8) is 0 Å². The number of anilines is 2. The van der Waals surface area contributed by atoms with Crippen LogP contribution in [0.4, 0.5) is 11.4 Å². The molecule has 2 aliphatic rings. The van der Waals surface area contributed by atoms with Crippen molar-refractivity contribution >= 4 is 17.3 Å². The van der Waals surface area contributed by atoms with E-state index in [9.17, 15) is 4.79 Å². The van der Waals surface area contributed by atoms with Gasteiger partial charge < -0.3 is 20.3 Å². The number of nitrogens with one attached hydrogen (secondary N) is 2.